The molecule has 0 aromatic carbocycles. The molecule has 4 heteroatoms. The molecule has 0 aliphatic carbocycles. The lowest BCUT2D eigenvalue weighted by molar-refractivity contribution is 0.327. The normalized spacial score (nSPS) is 15.2. The van der Waals surface area contributed by atoms with Crippen molar-refractivity contribution in [1.82, 2.24) is 5.32 Å². The number of sulfone groups is 1. The van der Waals surface area contributed by atoms with Crippen LogP contribution in [-0.4, -0.2) is 32.5 Å². The largest absolute Gasteiger partial charge is 0.312 e. The SMILES string of the molecule is CC(C)CC(CCS(C)(=O)=O)CNC(C)(C)C. The minimum Gasteiger partial charge on any atom is -0.312 e. The first kappa shape index (κ1) is 16.9. The average molecular weight is 263 g/mol. The predicted octanol–water partition coefficient (Wildman–Crippen LogP) is 2.47. The highest BCUT2D eigenvalue weighted by atomic mass is 32.2. The molecule has 0 fully saturated rings. The van der Waals surface area contributed by atoms with E-state index in [0.29, 0.717) is 17.6 Å². The number of rotatable bonds is 7. The zero-order chi connectivity index (χ0) is 13.7. The molecule has 0 aliphatic rings. The number of hydrogen-bond acceptors (Lipinski definition) is 3. The fourth-order valence-corrected chi connectivity index (χ4v) is 2.56. The minimum atomic E-state index is -2.84. The Morgan fingerprint density at radius 1 is 1.18 bits per heavy atom. The Balaban J connectivity index is 4.24. The van der Waals surface area contributed by atoms with Crippen molar-refractivity contribution in [3.05, 3.63) is 0 Å². The summed E-state index contributed by atoms with van der Waals surface area (Å²) >= 11 is 0. The van der Waals surface area contributed by atoms with Gasteiger partial charge < -0.3 is 5.32 Å². The zero-order valence-electron chi connectivity index (χ0n) is 12.2. The van der Waals surface area contributed by atoms with Gasteiger partial charge in [-0.3, -0.25) is 0 Å². The van der Waals surface area contributed by atoms with Crippen molar-refractivity contribution in [2.45, 2.75) is 53.0 Å². The van der Waals surface area contributed by atoms with Gasteiger partial charge in [0.25, 0.3) is 0 Å². The van der Waals surface area contributed by atoms with E-state index in [4.69, 9.17) is 0 Å². The van der Waals surface area contributed by atoms with Crippen LogP contribution in [0.2, 0.25) is 0 Å². The van der Waals surface area contributed by atoms with Gasteiger partial charge in [-0.15, -0.1) is 0 Å². The van der Waals surface area contributed by atoms with Crippen LogP contribution in [0.1, 0.15) is 47.5 Å². The first-order valence-electron chi connectivity index (χ1n) is 6.42. The standard InChI is InChI=1S/C13H29NO2S/c1-11(2)9-12(7-8-17(6,15)16)10-14-13(3,4)5/h11-12,14H,7-10H2,1-6H3. The lowest BCUT2D eigenvalue weighted by Crippen LogP contribution is -2.39. The fourth-order valence-electron chi connectivity index (χ4n) is 1.80. The van der Waals surface area contributed by atoms with Crippen LogP contribution in [0.5, 0.6) is 0 Å². The molecule has 0 spiro atoms. The molecule has 104 valence electrons. The van der Waals surface area contributed by atoms with Crippen molar-refractivity contribution in [2.75, 3.05) is 18.6 Å². The molecule has 0 heterocycles. The summed E-state index contributed by atoms with van der Waals surface area (Å²) in [5.41, 5.74) is 0.0975. The predicted molar refractivity (Wildman–Crippen MR) is 75.0 cm³/mol. The van der Waals surface area contributed by atoms with E-state index in [9.17, 15) is 8.42 Å². The van der Waals surface area contributed by atoms with Crippen molar-refractivity contribution in [3.63, 3.8) is 0 Å². The Bertz CT molecular complexity index is 302. The molecule has 1 unspecified atom stereocenters. The van der Waals surface area contributed by atoms with Gasteiger partial charge in [0.15, 0.2) is 0 Å². The van der Waals surface area contributed by atoms with Crippen molar-refractivity contribution >= 4 is 9.84 Å². The monoisotopic (exact) mass is 263 g/mol. The van der Waals surface area contributed by atoms with Crippen LogP contribution in [0.4, 0.5) is 0 Å². The third-order valence-corrected chi connectivity index (χ3v) is 3.60. The van der Waals surface area contributed by atoms with Gasteiger partial charge in [0.05, 0.1) is 5.75 Å². The lowest BCUT2D eigenvalue weighted by atomic mass is 9.94. The first-order valence-corrected chi connectivity index (χ1v) is 8.48. The van der Waals surface area contributed by atoms with Crippen molar-refractivity contribution in [2.24, 2.45) is 11.8 Å². The van der Waals surface area contributed by atoms with Crippen molar-refractivity contribution in [1.29, 1.82) is 0 Å². The van der Waals surface area contributed by atoms with Crippen LogP contribution in [0, 0.1) is 11.8 Å². The molecule has 0 saturated heterocycles. The topological polar surface area (TPSA) is 46.2 Å². The molecule has 3 nitrogen and oxygen atoms in total. The summed E-state index contributed by atoms with van der Waals surface area (Å²) in [6, 6.07) is 0. The highest BCUT2D eigenvalue weighted by Gasteiger charge is 2.17. The minimum absolute atomic E-state index is 0.0975. The first-order chi connectivity index (χ1) is 7.49. The van der Waals surface area contributed by atoms with E-state index in [0.717, 1.165) is 19.4 Å². The van der Waals surface area contributed by atoms with Crippen LogP contribution in [0.3, 0.4) is 0 Å². The van der Waals surface area contributed by atoms with Gasteiger partial charge in [0, 0.05) is 11.8 Å². The van der Waals surface area contributed by atoms with Gasteiger partial charge in [-0.05, 0) is 52.0 Å². The molecule has 0 bridgehead atoms. The third kappa shape index (κ3) is 12.2. The smallest absolute Gasteiger partial charge is 0.147 e. The Labute approximate surface area is 107 Å². The maximum atomic E-state index is 11.2. The van der Waals surface area contributed by atoms with Gasteiger partial charge in [0.1, 0.15) is 9.84 Å². The van der Waals surface area contributed by atoms with Gasteiger partial charge in [0.2, 0.25) is 0 Å². The Kier molecular flexibility index (Phi) is 6.70. The summed E-state index contributed by atoms with van der Waals surface area (Å²) in [5.74, 6) is 1.36. The second kappa shape index (κ2) is 6.74. The quantitative estimate of drug-likeness (QED) is 0.767. The highest BCUT2D eigenvalue weighted by Crippen LogP contribution is 2.16. The lowest BCUT2D eigenvalue weighted by Gasteiger charge is -2.26. The number of nitrogens with one attached hydrogen (secondary N) is 1. The van der Waals surface area contributed by atoms with Crippen molar-refractivity contribution in [3.8, 4) is 0 Å². The second-order valence-electron chi connectivity index (χ2n) is 6.55. The molecule has 0 aromatic rings. The molecule has 17 heavy (non-hydrogen) atoms. The van der Waals surface area contributed by atoms with Crippen molar-refractivity contribution < 1.29 is 8.42 Å². The highest BCUT2D eigenvalue weighted by molar-refractivity contribution is 7.90. The van der Waals surface area contributed by atoms with Gasteiger partial charge in [-0.2, -0.15) is 0 Å². The molecule has 1 N–H and O–H groups in total. The van der Waals surface area contributed by atoms with Gasteiger partial charge in [-0.1, -0.05) is 13.8 Å². The molecular weight excluding hydrogens is 234 g/mol. The molecule has 1 atom stereocenters. The van der Waals surface area contributed by atoms with Gasteiger partial charge >= 0.3 is 0 Å². The van der Waals surface area contributed by atoms with E-state index in [-0.39, 0.29) is 5.54 Å². The van der Waals surface area contributed by atoms with Crippen LogP contribution >= 0.6 is 0 Å². The van der Waals surface area contributed by atoms with Gasteiger partial charge in [-0.25, -0.2) is 8.42 Å². The third-order valence-electron chi connectivity index (χ3n) is 2.62. The van der Waals surface area contributed by atoms with E-state index in [1.54, 1.807) is 0 Å². The fraction of sp³-hybridized carbons (Fsp3) is 1.00. The summed E-state index contributed by atoms with van der Waals surface area (Å²) in [5, 5.41) is 3.47. The zero-order valence-corrected chi connectivity index (χ0v) is 13.0. The molecule has 0 saturated carbocycles. The van der Waals surface area contributed by atoms with E-state index in [1.165, 1.54) is 6.26 Å². The average Bonchev–Trinajstić information content (AvgIpc) is 2.06. The summed E-state index contributed by atoms with van der Waals surface area (Å²) < 4.78 is 22.4. The Hall–Kier alpha value is -0.0900. The number of hydrogen-bond donors (Lipinski definition) is 1. The van der Waals surface area contributed by atoms with E-state index in [2.05, 4.69) is 39.9 Å². The van der Waals surface area contributed by atoms with Crippen LogP contribution < -0.4 is 5.32 Å². The molecular formula is C13H29NO2S. The summed E-state index contributed by atoms with van der Waals surface area (Å²) in [6.45, 7) is 11.7. The maximum Gasteiger partial charge on any atom is 0.147 e. The van der Waals surface area contributed by atoms with E-state index in [1.807, 2.05) is 0 Å². The molecule has 0 rings (SSSR count). The molecule has 0 amide bonds. The summed E-state index contributed by atoms with van der Waals surface area (Å²) in [7, 11) is -2.84. The molecule has 0 aromatic heterocycles. The molecule has 0 aliphatic heterocycles. The Morgan fingerprint density at radius 3 is 2.06 bits per heavy atom. The second-order valence-corrected chi connectivity index (χ2v) is 8.80. The van der Waals surface area contributed by atoms with Crippen LogP contribution in [0.15, 0.2) is 0 Å². The summed E-state index contributed by atoms with van der Waals surface area (Å²) in [4.78, 5) is 0. The maximum absolute atomic E-state index is 11.2. The van der Waals surface area contributed by atoms with E-state index < -0.39 is 9.84 Å². The van der Waals surface area contributed by atoms with E-state index >= 15 is 0 Å². The molecule has 0 radical (unpaired) electrons. The summed E-state index contributed by atoms with van der Waals surface area (Å²) in [6.07, 6.45) is 3.16. The van der Waals surface area contributed by atoms with Crippen LogP contribution in [-0.2, 0) is 9.84 Å². The Morgan fingerprint density at radius 2 is 1.71 bits per heavy atom. The van der Waals surface area contributed by atoms with Crippen LogP contribution in [0.25, 0.3) is 0 Å².